The second kappa shape index (κ2) is 23.0. The number of rotatable bonds is 23. The smallest absolute Gasteiger partial charge is 0.404 e. The Morgan fingerprint density at radius 3 is 2.11 bits per heavy atom. The molecule has 1 fully saturated rings. The fraction of sp³-hybridized carbons (Fsp3) is 0.600. The summed E-state index contributed by atoms with van der Waals surface area (Å²) in [5.74, 6) is -4.99. The Morgan fingerprint density at radius 2 is 1.56 bits per heavy atom. The lowest BCUT2D eigenvalue weighted by molar-refractivity contribution is -0.143. The standard InChI is InChI=1S/C35H55N8O12PS/c1-19(2)29(41-31(47)25(36)15-22-8-10-24(11-9-22)55-56(52,53)54)34(50)40-26(16-28(37)46)32(48)42-30(20(3)4)35(51)43-13-6-7-27(43)33(49)38-12-14-57-18-23(17-44)39-21(5)45/h8-11,17,19-20,23,25-27,29-30H,6-7,12-16,18,36H2,1-5H3,(H2,37,46)(H,38,49)(H,39,45)(H,40,50)(H,41,47)(H,42,48)(H2,52,53,54)/t23-,25+,26+,27+,29+,30+/m1/s1. The van der Waals surface area contributed by atoms with Crippen LogP contribution in [0.3, 0.4) is 0 Å². The Morgan fingerprint density at radius 1 is 0.947 bits per heavy atom. The predicted octanol–water partition coefficient (Wildman–Crippen LogP) is -1.79. The van der Waals surface area contributed by atoms with Crippen LogP contribution in [0.1, 0.15) is 59.4 Å². The van der Waals surface area contributed by atoms with Crippen molar-refractivity contribution in [2.75, 3.05) is 24.6 Å². The Labute approximate surface area is 335 Å². The van der Waals surface area contributed by atoms with Crippen molar-refractivity contribution in [3.8, 4) is 5.75 Å². The molecule has 2 rings (SSSR count). The van der Waals surface area contributed by atoms with E-state index in [1.54, 1.807) is 27.7 Å². The van der Waals surface area contributed by atoms with Crippen LogP contribution in [0.15, 0.2) is 24.3 Å². The number of aldehydes is 1. The van der Waals surface area contributed by atoms with Gasteiger partial charge in [0.15, 0.2) is 0 Å². The summed E-state index contributed by atoms with van der Waals surface area (Å²) in [4.78, 5) is 121. The number of thioether (sulfide) groups is 1. The summed E-state index contributed by atoms with van der Waals surface area (Å²) in [5.41, 5.74) is 12.0. The maximum atomic E-state index is 13.8. The van der Waals surface area contributed by atoms with Crippen LogP contribution in [-0.2, 0) is 49.3 Å². The number of phosphoric acid groups is 1. The van der Waals surface area contributed by atoms with Crippen molar-refractivity contribution in [1.29, 1.82) is 0 Å². The van der Waals surface area contributed by atoms with E-state index >= 15 is 0 Å². The highest BCUT2D eigenvalue weighted by Crippen LogP contribution is 2.37. The van der Waals surface area contributed by atoms with Gasteiger partial charge in [-0.25, -0.2) is 4.57 Å². The first kappa shape index (κ1) is 48.6. The number of carbonyl (C=O) groups is 8. The molecule has 0 bridgehead atoms. The van der Waals surface area contributed by atoms with Crippen LogP contribution in [0.4, 0.5) is 0 Å². The molecule has 0 aromatic heterocycles. The fourth-order valence-electron chi connectivity index (χ4n) is 5.84. The highest BCUT2D eigenvalue weighted by Gasteiger charge is 2.40. The van der Waals surface area contributed by atoms with E-state index in [4.69, 9.17) is 21.3 Å². The molecule has 1 saturated heterocycles. The first-order valence-corrected chi connectivity index (χ1v) is 21.0. The summed E-state index contributed by atoms with van der Waals surface area (Å²) in [6, 6.07) is -1.05. The minimum atomic E-state index is -4.76. The molecule has 0 saturated carbocycles. The molecule has 6 atom stereocenters. The van der Waals surface area contributed by atoms with Crippen molar-refractivity contribution in [2.24, 2.45) is 23.3 Å². The van der Waals surface area contributed by atoms with Gasteiger partial charge in [0.05, 0.1) is 18.5 Å². The lowest BCUT2D eigenvalue weighted by Crippen LogP contribution is -2.61. The molecule has 0 aliphatic carbocycles. The summed E-state index contributed by atoms with van der Waals surface area (Å²) in [7, 11) is -4.76. The zero-order valence-electron chi connectivity index (χ0n) is 32.6. The maximum Gasteiger partial charge on any atom is 0.524 e. The number of hydrogen-bond donors (Lipinski definition) is 9. The molecular formula is C35H55N8O12PS. The van der Waals surface area contributed by atoms with Crippen molar-refractivity contribution in [2.45, 2.75) is 96.6 Å². The lowest BCUT2D eigenvalue weighted by atomic mass is 9.99. The Bertz CT molecular complexity index is 1640. The summed E-state index contributed by atoms with van der Waals surface area (Å²) in [6.07, 6.45) is 0.888. The highest BCUT2D eigenvalue weighted by atomic mass is 32.2. The number of likely N-dealkylation sites (tertiary alicyclic amines) is 1. The van der Waals surface area contributed by atoms with Gasteiger partial charge in [-0.05, 0) is 48.8 Å². The molecule has 22 heteroatoms. The van der Waals surface area contributed by atoms with E-state index in [-0.39, 0.29) is 31.2 Å². The highest BCUT2D eigenvalue weighted by molar-refractivity contribution is 7.99. The molecule has 11 N–H and O–H groups in total. The molecule has 1 aromatic rings. The average molecular weight is 843 g/mol. The summed E-state index contributed by atoms with van der Waals surface area (Å²) < 4.78 is 15.6. The van der Waals surface area contributed by atoms with Crippen molar-refractivity contribution in [3.05, 3.63) is 29.8 Å². The van der Waals surface area contributed by atoms with E-state index in [1.807, 2.05) is 0 Å². The first-order valence-electron chi connectivity index (χ1n) is 18.3. The maximum absolute atomic E-state index is 13.8. The number of nitrogens with one attached hydrogen (secondary N) is 5. The van der Waals surface area contributed by atoms with Gasteiger partial charge in [-0.2, -0.15) is 11.8 Å². The molecule has 1 heterocycles. The van der Waals surface area contributed by atoms with Gasteiger partial charge in [-0.3, -0.25) is 43.3 Å². The Hall–Kier alpha value is -4.56. The molecule has 57 heavy (non-hydrogen) atoms. The van der Waals surface area contributed by atoms with Crippen LogP contribution in [0.2, 0.25) is 0 Å². The Kier molecular flexibility index (Phi) is 19.6. The van der Waals surface area contributed by atoms with Crippen molar-refractivity contribution >= 4 is 67.2 Å². The second-order valence-corrected chi connectivity index (χ2v) is 16.5. The number of primary amides is 1. The molecule has 1 aromatic carbocycles. The van der Waals surface area contributed by atoms with Crippen LogP contribution >= 0.6 is 19.6 Å². The predicted molar refractivity (Wildman–Crippen MR) is 209 cm³/mol. The fourth-order valence-corrected chi connectivity index (χ4v) is 7.06. The summed E-state index contributed by atoms with van der Waals surface area (Å²) in [5, 5.41) is 12.9. The van der Waals surface area contributed by atoms with Gasteiger partial charge >= 0.3 is 7.82 Å². The monoisotopic (exact) mass is 842 g/mol. The molecule has 1 aliphatic heterocycles. The largest absolute Gasteiger partial charge is 0.524 e. The third-order valence-electron chi connectivity index (χ3n) is 8.69. The number of carbonyl (C=O) groups excluding carboxylic acids is 8. The van der Waals surface area contributed by atoms with Crippen LogP contribution in [0.5, 0.6) is 5.75 Å². The van der Waals surface area contributed by atoms with Gasteiger partial charge in [0.25, 0.3) is 0 Å². The molecule has 0 spiro atoms. The van der Waals surface area contributed by atoms with Gasteiger partial charge < -0.3 is 52.3 Å². The molecule has 1 aliphatic rings. The minimum Gasteiger partial charge on any atom is -0.404 e. The van der Waals surface area contributed by atoms with E-state index in [1.165, 1.54) is 47.9 Å². The van der Waals surface area contributed by atoms with Crippen molar-refractivity contribution in [1.82, 2.24) is 31.5 Å². The molecule has 0 radical (unpaired) electrons. The minimum absolute atomic E-state index is 0.0195. The third-order valence-corrected chi connectivity index (χ3v) is 10.2. The normalized spacial score (nSPS) is 16.7. The molecule has 318 valence electrons. The van der Waals surface area contributed by atoms with Crippen LogP contribution in [0, 0.1) is 11.8 Å². The number of benzene rings is 1. The quantitative estimate of drug-likeness (QED) is 0.0334. The number of nitrogens with two attached hydrogens (primary N) is 2. The molecule has 7 amide bonds. The van der Waals surface area contributed by atoms with E-state index in [0.717, 1.165) is 0 Å². The van der Waals surface area contributed by atoms with Gasteiger partial charge in [0.2, 0.25) is 41.4 Å². The number of phosphoric ester groups is 1. The molecule has 0 unspecified atom stereocenters. The summed E-state index contributed by atoms with van der Waals surface area (Å²) >= 11 is 1.35. The lowest BCUT2D eigenvalue weighted by Gasteiger charge is -2.32. The Balaban J connectivity index is 2.07. The van der Waals surface area contributed by atoms with E-state index in [9.17, 15) is 42.9 Å². The van der Waals surface area contributed by atoms with E-state index < -0.39 is 97.8 Å². The SMILES string of the molecule is CC(=O)N[C@H](C=O)CSCCNC(=O)[C@@H]1CCCN1C(=O)[C@@H](NC(=O)[C@H](CC(N)=O)NC(=O)[C@@H](NC(=O)[C@@H](N)Cc1ccc(OP(=O)(O)O)cc1)C(C)C)C(C)C. The van der Waals surface area contributed by atoms with Crippen LogP contribution < -0.4 is 42.6 Å². The summed E-state index contributed by atoms with van der Waals surface area (Å²) in [6.45, 7) is 8.41. The number of amides is 7. The number of nitrogens with zero attached hydrogens (tertiary/aromatic N) is 1. The van der Waals surface area contributed by atoms with Gasteiger partial charge in [-0.15, -0.1) is 0 Å². The zero-order valence-corrected chi connectivity index (χ0v) is 34.3. The second-order valence-electron chi connectivity index (χ2n) is 14.2. The number of hydrogen-bond acceptors (Lipinski definition) is 12. The van der Waals surface area contributed by atoms with E-state index in [0.29, 0.717) is 36.2 Å². The zero-order chi connectivity index (χ0) is 43.0. The third kappa shape index (κ3) is 16.8. The van der Waals surface area contributed by atoms with Crippen molar-refractivity contribution < 1.29 is 57.2 Å². The van der Waals surface area contributed by atoms with Gasteiger partial charge in [-0.1, -0.05) is 39.8 Å². The van der Waals surface area contributed by atoms with Gasteiger partial charge in [0.1, 0.15) is 36.2 Å². The average Bonchev–Trinajstić information content (AvgIpc) is 3.61. The van der Waals surface area contributed by atoms with Gasteiger partial charge in [0, 0.05) is 31.5 Å². The van der Waals surface area contributed by atoms with E-state index in [2.05, 4.69) is 31.1 Å². The van der Waals surface area contributed by atoms with Crippen LogP contribution in [0.25, 0.3) is 0 Å². The molecule has 20 nitrogen and oxygen atoms in total. The van der Waals surface area contributed by atoms with Crippen LogP contribution in [-0.4, -0.2) is 123 Å². The first-order chi connectivity index (χ1) is 26.6. The topological polar surface area (TPSA) is 319 Å². The van der Waals surface area contributed by atoms with Crippen molar-refractivity contribution in [3.63, 3.8) is 0 Å². The molecular weight excluding hydrogens is 787 g/mol.